The van der Waals surface area contributed by atoms with Crippen molar-refractivity contribution in [3.63, 3.8) is 0 Å². The fourth-order valence-corrected chi connectivity index (χ4v) is 5.13. The number of aliphatic hydroxyl groups is 3. The average molecular weight is 651 g/mol. The van der Waals surface area contributed by atoms with Crippen LogP contribution in [0.15, 0.2) is 36.5 Å². The Kier molecular flexibility index (Phi) is 32.9. The second-order valence-electron chi connectivity index (χ2n) is 12.6. The molecule has 0 rings (SSSR count). The molecule has 0 radical (unpaired) electrons. The SMILES string of the molecule is CCCCC/C=C\C/C=C\C/C=C\CC(O)C(O)CCCC(=O)OC[C@H](CO)OC(=O)CCCCCCCCCCCCCCC. The van der Waals surface area contributed by atoms with Gasteiger partial charge in [0.2, 0.25) is 0 Å². The molecule has 3 atom stereocenters. The molecule has 0 amide bonds. The first-order valence-corrected chi connectivity index (χ1v) is 18.7. The molecule has 0 aliphatic rings. The molecule has 0 aromatic rings. The number of allylic oxidation sites excluding steroid dienone is 5. The lowest BCUT2D eigenvalue weighted by Gasteiger charge is -2.17. The van der Waals surface area contributed by atoms with Crippen LogP contribution in [0.2, 0.25) is 0 Å². The van der Waals surface area contributed by atoms with Gasteiger partial charge < -0.3 is 24.8 Å². The molecule has 7 nitrogen and oxygen atoms in total. The number of unbranched alkanes of at least 4 members (excludes halogenated alkanes) is 15. The summed E-state index contributed by atoms with van der Waals surface area (Å²) in [6, 6.07) is 0. The Morgan fingerprint density at radius 3 is 1.67 bits per heavy atom. The lowest BCUT2D eigenvalue weighted by atomic mass is 10.0. The van der Waals surface area contributed by atoms with Crippen LogP contribution in [0.1, 0.15) is 168 Å². The van der Waals surface area contributed by atoms with Crippen molar-refractivity contribution in [1.82, 2.24) is 0 Å². The van der Waals surface area contributed by atoms with Gasteiger partial charge in [0.1, 0.15) is 6.61 Å². The number of carbonyl (C=O) groups is 2. The van der Waals surface area contributed by atoms with E-state index in [2.05, 4.69) is 38.2 Å². The molecule has 0 saturated heterocycles. The van der Waals surface area contributed by atoms with Crippen molar-refractivity contribution in [1.29, 1.82) is 0 Å². The topological polar surface area (TPSA) is 113 Å². The summed E-state index contributed by atoms with van der Waals surface area (Å²) in [7, 11) is 0. The van der Waals surface area contributed by atoms with Gasteiger partial charge in [0, 0.05) is 12.8 Å². The highest BCUT2D eigenvalue weighted by molar-refractivity contribution is 5.70. The summed E-state index contributed by atoms with van der Waals surface area (Å²) in [6.45, 7) is 3.84. The molecule has 0 aliphatic heterocycles. The van der Waals surface area contributed by atoms with Gasteiger partial charge in [-0.2, -0.15) is 0 Å². The van der Waals surface area contributed by atoms with Crippen molar-refractivity contribution in [3.8, 4) is 0 Å². The van der Waals surface area contributed by atoms with Crippen molar-refractivity contribution >= 4 is 11.9 Å². The Morgan fingerprint density at radius 2 is 1.09 bits per heavy atom. The lowest BCUT2D eigenvalue weighted by molar-refractivity contribution is -0.161. The minimum Gasteiger partial charge on any atom is -0.462 e. The first-order valence-electron chi connectivity index (χ1n) is 18.7. The Labute approximate surface area is 281 Å². The number of ether oxygens (including phenoxy) is 2. The Hall–Kier alpha value is -1.96. The van der Waals surface area contributed by atoms with Crippen molar-refractivity contribution in [2.75, 3.05) is 13.2 Å². The van der Waals surface area contributed by atoms with Crippen LogP contribution in [0.3, 0.4) is 0 Å². The second kappa shape index (κ2) is 34.4. The molecular formula is C39H70O7. The van der Waals surface area contributed by atoms with Crippen LogP contribution in [-0.4, -0.2) is 58.8 Å². The first-order chi connectivity index (χ1) is 22.4. The molecule has 0 fully saturated rings. The molecule has 7 heteroatoms. The molecule has 0 saturated carbocycles. The molecule has 3 N–H and O–H groups in total. The first kappa shape index (κ1) is 44.0. The summed E-state index contributed by atoms with van der Waals surface area (Å²) >= 11 is 0. The van der Waals surface area contributed by atoms with Crippen LogP contribution >= 0.6 is 0 Å². The Balaban J connectivity index is 3.83. The van der Waals surface area contributed by atoms with Crippen LogP contribution in [0.25, 0.3) is 0 Å². The molecule has 0 aromatic carbocycles. The number of rotatable bonds is 33. The van der Waals surface area contributed by atoms with Crippen molar-refractivity contribution in [3.05, 3.63) is 36.5 Å². The highest BCUT2D eigenvalue weighted by Crippen LogP contribution is 2.14. The molecule has 0 spiro atoms. The zero-order valence-electron chi connectivity index (χ0n) is 29.6. The molecule has 0 heterocycles. The van der Waals surface area contributed by atoms with Crippen LogP contribution in [0, 0.1) is 0 Å². The van der Waals surface area contributed by atoms with E-state index in [0.29, 0.717) is 19.3 Å². The Bertz CT molecular complexity index is 776. The molecule has 2 unspecified atom stereocenters. The second-order valence-corrected chi connectivity index (χ2v) is 12.6. The van der Waals surface area contributed by atoms with Gasteiger partial charge in [-0.25, -0.2) is 0 Å². The third-order valence-corrected chi connectivity index (χ3v) is 8.14. The van der Waals surface area contributed by atoms with Crippen LogP contribution < -0.4 is 0 Å². The van der Waals surface area contributed by atoms with E-state index < -0.39 is 30.9 Å². The highest BCUT2D eigenvalue weighted by atomic mass is 16.6. The van der Waals surface area contributed by atoms with Gasteiger partial charge in [0.05, 0.1) is 18.8 Å². The van der Waals surface area contributed by atoms with Gasteiger partial charge in [-0.1, -0.05) is 140 Å². The number of hydrogen-bond acceptors (Lipinski definition) is 7. The van der Waals surface area contributed by atoms with E-state index in [1.165, 1.54) is 83.5 Å². The summed E-state index contributed by atoms with van der Waals surface area (Å²) in [5.41, 5.74) is 0. The molecule has 0 aliphatic carbocycles. The van der Waals surface area contributed by atoms with E-state index in [0.717, 1.165) is 38.5 Å². The standard InChI is InChI=1S/C39H70O7/c1-3-5-7-9-11-13-15-17-19-21-23-25-27-31-39(44)46-35(33-40)34-45-38(43)32-28-30-37(42)36(41)29-26-24-22-20-18-16-14-12-10-8-6-4-2/h12,14,18,20,24,26,35-37,40-42H,3-11,13,15-17,19,21-23,25,27-34H2,1-2H3/b14-12-,20-18-,26-24-/t35-,36?,37?/m0/s1. The van der Waals surface area contributed by atoms with Gasteiger partial charge in [-0.15, -0.1) is 0 Å². The summed E-state index contributed by atoms with van der Waals surface area (Å²) in [5.74, 6) is -0.874. The van der Waals surface area contributed by atoms with E-state index >= 15 is 0 Å². The predicted octanol–water partition coefficient (Wildman–Crippen LogP) is 9.23. The maximum absolute atomic E-state index is 12.1. The smallest absolute Gasteiger partial charge is 0.306 e. The van der Waals surface area contributed by atoms with E-state index in [4.69, 9.17) is 9.47 Å². The predicted molar refractivity (Wildman–Crippen MR) is 190 cm³/mol. The largest absolute Gasteiger partial charge is 0.462 e. The van der Waals surface area contributed by atoms with Gasteiger partial charge in [0.25, 0.3) is 0 Å². The van der Waals surface area contributed by atoms with Crippen molar-refractivity contribution in [2.45, 2.75) is 186 Å². The molecule has 268 valence electrons. The summed E-state index contributed by atoms with van der Waals surface area (Å²) in [6.07, 6.45) is 33.8. The van der Waals surface area contributed by atoms with Gasteiger partial charge in [0.15, 0.2) is 6.10 Å². The monoisotopic (exact) mass is 651 g/mol. The number of carbonyl (C=O) groups excluding carboxylic acids is 2. The third-order valence-electron chi connectivity index (χ3n) is 8.14. The van der Waals surface area contributed by atoms with Gasteiger partial charge in [-0.3, -0.25) is 9.59 Å². The number of aliphatic hydroxyl groups excluding tert-OH is 3. The summed E-state index contributed by atoms with van der Waals surface area (Å²) in [4.78, 5) is 24.2. The zero-order valence-corrected chi connectivity index (χ0v) is 29.6. The fourth-order valence-electron chi connectivity index (χ4n) is 5.13. The van der Waals surface area contributed by atoms with Crippen molar-refractivity contribution < 1.29 is 34.4 Å². The fraction of sp³-hybridized carbons (Fsp3) is 0.795. The van der Waals surface area contributed by atoms with Crippen LogP contribution in [-0.2, 0) is 19.1 Å². The van der Waals surface area contributed by atoms with Crippen molar-refractivity contribution in [2.24, 2.45) is 0 Å². The molecule has 46 heavy (non-hydrogen) atoms. The molecule has 0 aromatic heterocycles. The van der Waals surface area contributed by atoms with Gasteiger partial charge in [-0.05, 0) is 51.4 Å². The summed E-state index contributed by atoms with van der Waals surface area (Å²) < 4.78 is 10.4. The minimum absolute atomic E-state index is 0.0719. The van der Waals surface area contributed by atoms with E-state index in [1.54, 1.807) is 0 Å². The van der Waals surface area contributed by atoms with E-state index in [-0.39, 0.29) is 25.4 Å². The maximum Gasteiger partial charge on any atom is 0.306 e. The normalized spacial score (nSPS) is 13.9. The summed E-state index contributed by atoms with van der Waals surface area (Å²) in [5, 5.41) is 29.9. The maximum atomic E-state index is 12.1. The molecule has 0 bridgehead atoms. The lowest BCUT2D eigenvalue weighted by Crippen LogP contribution is -2.28. The quantitative estimate of drug-likeness (QED) is 0.0369. The average Bonchev–Trinajstić information content (AvgIpc) is 3.05. The van der Waals surface area contributed by atoms with Crippen LogP contribution in [0.4, 0.5) is 0 Å². The Morgan fingerprint density at radius 1 is 0.587 bits per heavy atom. The van der Waals surface area contributed by atoms with E-state index in [1.807, 2.05) is 12.2 Å². The van der Waals surface area contributed by atoms with Crippen LogP contribution in [0.5, 0.6) is 0 Å². The third kappa shape index (κ3) is 30.7. The number of hydrogen-bond donors (Lipinski definition) is 3. The zero-order chi connectivity index (χ0) is 33.9. The van der Waals surface area contributed by atoms with Gasteiger partial charge >= 0.3 is 11.9 Å². The number of esters is 2. The minimum atomic E-state index is -0.929. The molecular weight excluding hydrogens is 580 g/mol. The van der Waals surface area contributed by atoms with E-state index in [9.17, 15) is 24.9 Å². The highest BCUT2D eigenvalue weighted by Gasteiger charge is 2.18.